The summed E-state index contributed by atoms with van der Waals surface area (Å²) in [6.45, 7) is 0. The Hall–Kier alpha value is -2.20. The van der Waals surface area contributed by atoms with Crippen molar-refractivity contribution in [1.29, 1.82) is 0 Å². The van der Waals surface area contributed by atoms with Gasteiger partial charge >= 0.3 is 0 Å². The summed E-state index contributed by atoms with van der Waals surface area (Å²) in [7, 11) is 0. The van der Waals surface area contributed by atoms with Crippen molar-refractivity contribution in [2.45, 2.75) is 0 Å². The molecule has 3 rings (SSSR count). The lowest BCUT2D eigenvalue weighted by molar-refractivity contribution is 1.30. The lowest BCUT2D eigenvalue weighted by Crippen LogP contribution is -2.05. The second kappa shape index (κ2) is 4.23. The summed E-state index contributed by atoms with van der Waals surface area (Å²) in [6.07, 6.45) is 0. The molecule has 2 aromatic carbocycles. The number of aromatic nitrogens is 2. The van der Waals surface area contributed by atoms with Crippen molar-refractivity contribution in [3.63, 3.8) is 0 Å². The third kappa shape index (κ3) is 1.76. The number of thiocarbonyl (C=S) groups is 1. The van der Waals surface area contributed by atoms with E-state index in [9.17, 15) is 0 Å². The van der Waals surface area contributed by atoms with Gasteiger partial charge in [-0.1, -0.05) is 42.5 Å². The summed E-state index contributed by atoms with van der Waals surface area (Å²) in [5.74, 6) is 0.684. The van der Waals surface area contributed by atoms with Crippen LogP contribution < -0.4 is 5.73 Å². The number of nitrogen functional groups attached to an aromatic ring is 1. The smallest absolute Gasteiger partial charge is 0.150 e. The van der Waals surface area contributed by atoms with E-state index in [1.54, 1.807) is 0 Å². The van der Waals surface area contributed by atoms with Gasteiger partial charge in [0.05, 0.1) is 15.9 Å². The zero-order valence-corrected chi connectivity index (χ0v) is 10.4. The Balaban J connectivity index is 2.10. The van der Waals surface area contributed by atoms with Crippen molar-refractivity contribution in [2.75, 3.05) is 5.73 Å². The maximum atomic E-state index is 5.92. The molecule has 1 heterocycles. The van der Waals surface area contributed by atoms with Crippen LogP contribution in [0.4, 0.5) is 5.69 Å². The summed E-state index contributed by atoms with van der Waals surface area (Å²) in [5, 5.41) is 0. The molecule has 0 aliphatic heterocycles. The lowest BCUT2D eigenvalue weighted by Gasteiger charge is -2.03. The second-order valence-corrected chi connectivity index (χ2v) is 4.43. The van der Waals surface area contributed by atoms with Crippen LogP contribution in [0.25, 0.3) is 11.0 Å². The first-order valence-corrected chi connectivity index (χ1v) is 6.00. The van der Waals surface area contributed by atoms with E-state index in [2.05, 4.69) is 9.97 Å². The maximum Gasteiger partial charge on any atom is 0.150 e. The molecule has 1 aromatic heterocycles. The molecule has 3 nitrogen and oxygen atoms in total. The third-order valence-corrected chi connectivity index (χ3v) is 3.22. The number of imidazole rings is 1. The SMILES string of the molecule is Nc1ccccc1C(=S)c1nc2ccccc2[nH]1. The van der Waals surface area contributed by atoms with Gasteiger partial charge in [0, 0.05) is 11.3 Å². The zero-order chi connectivity index (χ0) is 12.5. The van der Waals surface area contributed by atoms with Crippen molar-refractivity contribution in [3.05, 3.63) is 59.9 Å². The number of anilines is 1. The predicted octanol–water partition coefficient (Wildman–Crippen LogP) is 2.91. The Labute approximate surface area is 110 Å². The number of fused-ring (bicyclic) bond motifs is 1. The van der Waals surface area contributed by atoms with Crippen LogP contribution in [-0.4, -0.2) is 14.8 Å². The highest BCUT2D eigenvalue weighted by Gasteiger charge is 2.11. The van der Waals surface area contributed by atoms with E-state index < -0.39 is 0 Å². The standard InChI is InChI=1S/C14H11N3S/c15-10-6-2-1-5-9(10)13(18)14-16-11-7-3-4-8-12(11)17-14/h1-8H,15H2,(H,16,17). The molecule has 0 amide bonds. The van der Waals surface area contributed by atoms with Crippen LogP contribution in [0.2, 0.25) is 0 Å². The van der Waals surface area contributed by atoms with Gasteiger partial charge in [0.2, 0.25) is 0 Å². The molecule has 3 N–H and O–H groups in total. The lowest BCUT2D eigenvalue weighted by atomic mass is 10.1. The average Bonchev–Trinajstić information content (AvgIpc) is 2.82. The number of hydrogen-bond acceptors (Lipinski definition) is 3. The van der Waals surface area contributed by atoms with Gasteiger partial charge in [-0.3, -0.25) is 0 Å². The Morgan fingerprint density at radius 1 is 1.06 bits per heavy atom. The second-order valence-electron chi connectivity index (χ2n) is 4.02. The minimum absolute atomic E-state index is 0.643. The van der Waals surface area contributed by atoms with Crippen molar-refractivity contribution in [1.82, 2.24) is 9.97 Å². The average molecular weight is 253 g/mol. The molecule has 0 aliphatic carbocycles. The fraction of sp³-hybridized carbons (Fsp3) is 0. The molecule has 0 saturated heterocycles. The predicted molar refractivity (Wildman–Crippen MR) is 77.8 cm³/mol. The summed E-state index contributed by atoms with van der Waals surface area (Å²) in [6, 6.07) is 15.4. The van der Waals surface area contributed by atoms with Gasteiger partial charge in [-0.25, -0.2) is 4.98 Å². The Bertz CT molecular complexity index is 697. The maximum absolute atomic E-state index is 5.92. The van der Waals surface area contributed by atoms with Crippen LogP contribution in [0, 0.1) is 0 Å². The molecule has 0 unspecified atom stereocenters. The monoisotopic (exact) mass is 253 g/mol. The van der Waals surface area contributed by atoms with Gasteiger partial charge in [-0.05, 0) is 18.2 Å². The molecular weight excluding hydrogens is 242 g/mol. The van der Waals surface area contributed by atoms with Crippen molar-refractivity contribution in [2.24, 2.45) is 0 Å². The van der Waals surface area contributed by atoms with Crippen LogP contribution in [0.5, 0.6) is 0 Å². The number of benzene rings is 2. The van der Waals surface area contributed by atoms with E-state index in [1.807, 2.05) is 48.5 Å². The summed E-state index contributed by atoms with van der Waals surface area (Å²) in [5.41, 5.74) is 9.32. The Morgan fingerprint density at radius 3 is 2.56 bits per heavy atom. The first kappa shape index (κ1) is 10.9. The first-order valence-electron chi connectivity index (χ1n) is 5.59. The van der Waals surface area contributed by atoms with E-state index in [1.165, 1.54) is 0 Å². The van der Waals surface area contributed by atoms with Crippen LogP contribution in [-0.2, 0) is 0 Å². The molecule has 0 fully saturated rings. The summed E-state index contributed by atoms with van der Waals surface area (Å²) >= 11 is 5.44. The molecule has 18 heavy (non-hydrogen) atoms. The van der Waals surface area contributed by atoms with Crippen molar-refractivity contribution in [3.8, 4) is 0 Å². The van der Waals surface area contributed by atoms with E-state index >= 15 is 0 Å². The Morgan fingerprint density at radius 2 is 1.78 bits per heavy atom. The van der Waals surface area contributed by atoms with Crippen LogP contribution in [0.3, 0.4) is 0 Å². The number of nitrogens with two attached hydrogens (primary N) is 1. The zero-order valence-electron chi connectivity index (χ0n) is 9.55. The molecule has 4 heteroatoms. The molecular formula is C14H11N3S. The minimum atomic E-state index is 0.643. The number of para-hydroxylation sites is 3. The van der Waals surface area contributed by atoms with Gasteiger partial charge < -0.3 is 10.7 Å². The van der Waals surface area contributed by atoms with E-state index in [0.717, 1.165) is 16.6 Å². The van der Waals surface area contributed by atoms with Gasteiger partial charge in [-0.2, -0.15) is 0 Å². The van der Waals surface area contributed by atoms with Crippen LogP contribution in [0.1, 0.15) is 11.4 Å². The number of rotatable bonds is 2. The number of aromatic amines is 1. The molecule has 0 saturated carbocycles. The first-order chi connectivity index (χ1) is 8.75. The van der Waals surface area contributed by atoms with E-state index in [0.29, 0.717) is 16.4 Å². The molecule has 0 spiro atoms. The largest absolute Gasteiger partial charge is 0.398 e. The highest BCUT2D eigenvalue weighted by Crippen LogP contribution is 2.18. The van der Waals surface area contributed by atoms with Gasteiger partial charge in [0.25, 0.3) is 0 Å². The summed E-state index contributed by atoms with van der Waals surface area (Å²) < 4.78 is 0. The number of nitrogens with zero attached hydrogens (tertiary/aromatic N) is 1. The van der Waals surface area contributed by atoms with Crippen LogP contribution >= 0.6 is 12.2 Å². The minimum Gasteiger partial charge on any atom is -0.398 e. The number of hydrogen-bond donors (Lipinski definition) is 2. The van der Waals surface area contributed by atoms with Crippen molar-refractivity contribution >= 4 is 33.8 Å². The third-order valence-electron chi connectivity index (χ3n) is 2.81. The highest BCUT2D eigenvalue weighted by molar-refractivity contribution is 7.81. The number of nitrogens with one attached hydrogen (secondary N) is 1. The molecule has 0 aliphatic rings. The van der Waals surface area contributed by atoms with E-state index in [-0.39, 0.29) is 0 Å². The molecule has 0 bridgehead atoms. The van der Waals surface area contributed by atoms with Gasteiger partial charge in [0.1, 0.15) is 5.82 Å². The van der Waals surface area contributed by atoms with Gasteiger partial charge in [-0.15, -0.1) is 0 Å². The van der Waals surface area contributed by atoms with Crippen molar-refractivity contribution < 1.29 is 0 Å². The van der Waals surface area contributed by atoms with Gasteiger partial charge in [0.15, 0.2) is 0 Å². The quantitative estimate of drug-likeness (QED) is 0.419. The molecule has 0 atom stereocenters. The summed E-state index contributed by atoms with van der Waals surface area (Å²) in [4.78, 5) is 8.33. The normalized spacial score (nSPS) is 10.7. The van der Waals surface area contributed by atoms with Crippen LogP contribution in [0.15, 0.2) is 48.5 Å². The topological polar surface area (TPSA) is 54.7 Å². The highest BCUT2D eigenvalue weighted by atomic mass is 32.1. The molecule has 88 valence electrons. The fourth-order valence-electron chi connectivity index (χ4n) is 1.89. The van der Waals surface area contributed by atoms with E-state index in [4.69, 9.17) is 18.0 Å². The molecule has 3 aromatic rings. The Kier molecular flexibility index (Phi) is 2.57. The molecule has 0 radical (unpaired) electrons. The fourth-order valence-corrected chi connectivity index (χ4v) is 2.17. The number of H-pyrrole nitrogens is 1.